The van der Waals surface area contributed by atoms with E-state index in [1.807, 2.05) is 19.9 Å². The number of nitrogens with zero attached hydrogens (tertiary/aromatic N) is 2. The van der Waals surface area contributed by atoms with Crippen LogP contribution in [0.4, 0.5) is 0 Å². The van der Waals surface area contributed by atoms with Crippen molar-refractivity contribution in [2.75, 3.05) is 6.54 Å². The fourth-order valence-corrected chi connectivity index (χ4v) is 1.86. The second-order valence-electron chi connectivity index (χ2n) is 3.81. The number of amides is 1. The highest BCUT2D eigenvalue weighted by Crippen LogP contribution is 2.24. The van der Waals surface area contributed by atoms with Crippen LogP contribution in [0.25, 0.3) is 0 Å². The molecule has 0 aliphatic carbocycles. The average molecular weight is 316 g/mol. The highest BCUT2D eigenvalue weighted by molar-refractivity contribution is 9.10. The molecule has 17 heavy (non-hydrogen) atoms. The van der Waals surface area contributed by atoms with Crippen LogP contribution in [0.15, 0.2) is 22.7 Å². The third-order valence-corrected chi connectivity index (χ3v) is 3.51. The van der Waals surface area contributed by atoms with Crippen LogP contribution in [0.3, 0.4) is 0 Å². The van der Waals surface area contributed by atoms with Gasteiger partial charge in [-0.2, -0.15) is 5.26 Å². The predicted molar refractivity (Wildman–Crippen MR) is 70.9 cm³/mol. The van der Waals surface area contributed by atoms with Crippen molar-refractivity contribution in [2.24, 2.45) is 0 Å². The van der Waals surface area contributed by atoms with Gasteiger partial charge in [0, 0.05) is 16.1 Å². The summed E-state index contributed by atoms with van der Waals surface area (Å²) in [5, 5.41) is 9.26. The van der Waals surface area contributed by atoms with Crippen molar-refractivity contribution in [3.63, 3.8) is 0 Å². The fourth-order valence-electron chi connectivity index (χ4n) is 1.36. The lowest BCUT2D eigenvalue weighted by molar-refractivity contribution is 0.0731. The number of hydrogen-bond acceptors (Lipinski definition) is 2. The lowest BCUT2D eigenvalue weighted by Crippen LogP contribution is -2.37. The van der Waals surface area contributed by atoms with E-state index in [1.54, 1.807) is 18.2 Å². The zero-order chi connectivity index (χ0) is 13.0. The topological polar surface area (TPSA) is 44.1 Å². The summed E-state index contributed by atoms with van der Waals surface area (Å²) in [6.45, 7) is 3.83. The largest absolute Gasteiger partial charge is 0.323 e. The van der Waals surface area contributed by atoms with Crippen molar-refractivity contribution in [3.8, 4) is 6.07 Å². The lowest BCUT2D eigenvalue weighted by atomic mass is 10.1. The molecule has 1 amide bonds. The van der Waals surface area contributed by atoms with Crippen LogP contribution in [-0.2, 0) is 0 Å². The zero-order valence-corrected chi connectivity index (χ0v) is 11.9. The number of benzene rings is 1. The third kappa shape index (κ3) is 3.45. The van der Waals surface area contributed by atoms with Crippen LogP contribution >= 0.6 is 27.5 Å². The molecule has 1 aromatic rings. The van der Waals surface area contributed by atoms with Gasteiger partial charge in [0.25, 0.3) is 5.91 Å². The minimum absolute atomic E-state index is 0.0170. The molecule has 90 valence electrons. The van der Waals surface area contributed by atoms with E-state index >= 15 is 0 Å². The van der Waals surface area contributed by atoms with E-state index in [-0.39, 0.29) is 18.5 Å². The molecule has 0 aliphatic heterocycles. The molecule has 0 radical (unpaired) electrons. The molecule has 0 saturated heterocycles. The summed E-state index contributed by atoms with van der Waals surface area (Å²) in [5.41, 5.74) is 0.519. The SMILES string of the molecule is CC(C)N(CC#N)C(=O)c1ccc(Cl)c(Br)c1. The summed E-state index contributed by atoms with van der Waals surface area (Å²) in [6, 6.07) is 6.95. The van der Waals surface area contributed by atoms with Crippen LogP contribution in [-0.4, -0.2) is 23.4 Å². The van der Waals surface area contributed by atoms with Crippen LogP contribution in [0.5, 0.6) is 0 Å². The smallest absolute Gasteiger partial charge is 0.254 e. The van der Waals surface area contributed by atoms with Gasteiger partial charge in [-0.25, -0.2) is 0 Å². The van der Waals surface area contributed by atoms with Crippen molar-refractivity contribution in [1.82, 2.24) is 4.90 Å². The Kier molecular flexibility index (Phi) is 4.98. The number of nitriles is 1. The Hall–Kier alpha value is -1.05. The van der Waals surface area contributed by atoms with Gasteiger partial charge in [0.1, 0.15) is 6.54 Å². The van der Waals surface area contributed by atoms with Crippen molar-refractivity contribution in [1.29, 1.82) is 5.26 Å². The van der Waals surface area contributed by atoms with E-state index in [0.29, 0.717) is 15.1 Å². The van der Waals surface area contributed by atoms with Gasteiger partial charge in [0.05, 0.1) is 11.1 Å². The Labute approximate surface area is 114 Å². The van der Waals surface area contributed by atoms with E-state index in [0.717, 1.165) is 0 Å². The Bertz CT molecular complexity index is 468. The first-order chi connectivity index (χ1) is 7.97. The molecule has 1 rings (SSSR count). The first-order valence-corrected chi connectivity index (χ1v) is 6.27. The second-order valence-corrected chi connectivity index (χ2v) is 5.08. The van der Waals surface area contributed by atoms with Gasteiger partial charge in [-0.1, -0.05) is 11.6 Å². The quantitative estimate of drug-likeness (QED) is 0.802. The van der Waals surface area contributed by atoms with Gasteiger partial charge in [0.15, 0.2) is 0 Å². The summed E-state index contributed by atoms with van der Waals surface area (Å²) < 4.78 is 0.672. The fraction of sp³-hybridized carbons (Fsp3) is 0.333. The van der Waals surface area contributed by atoms with Crippen molar-refractivity contribution >= 4 is 33.4 Å². The molecule has 3 nitrogen and oxygen atoms in total. The third-order valence-electron chi connectivity index (χ3n) is 2.29. The summed E-state index contributed by atoms with van der Waals surface area (Å²) >= 11 is 9.14. The number of carbonyl (C=O) groups is 1. The van der Waals surface area contributed by atoms with Crippen molar-refractivity contribution in [3.05, 3.63) is 33.3 Å². The molecule has 0 unspecified atom stereocenters. The average Bonchev–Trinajstić information content (AvgIpc) is 2.28. The molecule has 0 aliphatic rings. The summed E-state index contributed by atoms with van der Waals surface area (Å²) in [5.74, 6) is -0.168. The maximum Gasteiger partial charge on any atom is 0.254 e. The molecule has 0 heterocycles. The Morgan fingerprint density at radius 3 is 2.71 bits per heavy atom. The van der Waals surface area contributed by atoms with Crippen LogP contribution in [0.2, 0.25) is 5.02 Å². The van der Waals surface area contributed by atoms with E-state index in [1.165, 1.54) is 4.90 Å². The minimum atomic E-state index is -0.168. The van der Waals surface area contributed by atoms with E-state index in [9.17, 15) is 4.79 Å². The van der Waals surface area contributed by atoms with Crippen LogP contribution in [0, 0.1) is 11.3 Å². The van der Waals surface area contributed by atoms with Crippen LogP contribution < -0.4 is 0 Å². The normalized spacial score (nSPS) is 10.1. The predicted octanol–water partition coefficient (Wildman–Crippen LogP) is 3.48. The molecule has 0 spiro atoms. The molecule has 0 atom stereocenters. The number of hydrogen-bond donors (Lipinski definition) is 0. The molecule has 0 bridgehead atoms. The standard InChI is InChI=1S/C12H12BrClN2O/c1-8(2)16(6-5-15)12(17)9-3-4-11(14)10(13)7-9/h3-4,7-8H,6H2,1-2H3. The van der Waals surface area contributed by atoms with Crippen molar-refractivity contribution < 1.29 is 4.79 Å². The monoisotopic (exact) mass is 314 g/mol. The van der Waals surface area contributed by atoms with Gasteiger partial charge in [-0.15, -0.1) is 0 Å². The lowest BCUT2D eigenvalue weighted by Gasteiger charge is -2.23. The van der Waals surface area contributed by atoms with Gasteiger partial charge in [-0.05, 0) is 48.0 Å². The maximum atomic E-state index is 12.2. The van der Waals surface area contributed by atoms with Crippen molar-refractivity contribution in [2.45, 2.75) is 19.9 Å². The summed E-state index contributed by atoms with van der Waals surface area (Å²) in [7, 11) is 0. The molecular weight excluding hydrogens is 304 g/mol. The number of rotatable bonds is 3. The second kappa shape index (κ2) is 6.04. The highest BCUT2D eigenvalue weighted by atomic mass is 79.9. The molecule has 0 fully saturated rings. The van der Waals surface area contributed by atoms with Gasteiger partial charge in [0.2, 0.25) is 0 Å². The van der Waals surface area contributed by atoms with E-state index in [2.05, 4.69) is 15.9 Å². The zero-order valence-electron chi connectivity index (χ0n) is 9.58. The first-order valence-electron chi connectivity index (χ1n) is 5.10. The first kappa shape index (κ1) is 14.0. The Balaban J connectivity index is 3.02. The number of halogens is 2. The molecule has 1 aromatic carbocycles. The van der Waals surface area contributed by atoms with Gasteiger partial charge >= 0.3 is 0 Å². The number of carbonyl (C=O) groups excluding carboxylic acids is 1. The maximum absolute atomic E-state index is 12.2. The van der Waals surface area contributed by atoms with Gasteiger partial charge < -0.3 is 4.90 Å². The molecule has 5 heteroatoms. The van der Waals surface area contributed by atoms with E-state index in [4.69, 9.17) is 16.9 Å². The summed E-state index contributed by atoms with van der Waals surface area (Å²) in [6.07, 6.45) is 0. The van der Waals surface area contributed by atoms with Gasteiger partial charge in [-0.3, -0.25) is 4.79 Å². The molecule has 0 aromatic heterocycles. The molecule has 0 N–H and O–H groups in total. The highest BCUT2D eigenvalue weighted by Gasteiger charge is 2.18. The Morgan fingerprint density at radius 1 is 1.59 bits per heavy atom. The minimum Gasteiger partial charge on any atom is -0.323 e. The van der Waals surface area contributed by atoms with E-state index < -0.39 is 0 Å². The Morgan fingerprint density at radius 2 is 2.24 bits per heavy atom. The van der Waals surface area contributed by atoms with Crippen LogP contribution in [0.1, 0.15) is 24.2 Å². The summed E-state index contributed by atoms with van der Waals surface area (Å²) in [4.78, 5) is 13.7. The molecule has 0 saturated carbocycles. The molecular formula is C12H12BrClN2O.